The van der Waals surface area contributed by atoms with Gasteiger partial charge in [0.25, 0.3) is 0 Å². The number of para-hydroxylation sites is 1. The predicted molar refractivity (Wildman–Crippen MR) is 133 cm³/mol. The average molecular weight is 486 g/mol. The molecule has 8 nitrogen and oxygen atoms in total. The molecule has 0 saturated carbocycles. The van der Waals surface area contributed by atoms with Gasteiger partial charge in [-0.05, 0) is 42.0 Å². The molecular formula is C26H23N5O3S. The van der Waals surface area contributed by atoms with E-state index in [4.69, 9.17) is 14.0 Å². The molecule has 0 aliphatic carbocycles. The van der Waals surface area contributed by atoms with E-state index in [0.717, 1.165) is 33.5 Å². The number of hydrogen-bond donors (Lipinski definition) is 0. The fraction of sp³-hybridized carbons (Fsp3) is 0.154. The first-order chi connectivity index (χ1) is 17.2. The molecule has 0 N–H and O–H groups in total. The second kappa shape index (κ2) is 10.4. The molecule has 9 heteroatoms. The summed E-state index contributed by atoms with van der Waals surface area (Å²) in [6, 6.07) is 25.6. The Morgan fingerprint density at radius 1 is 0.857 bits per heavy atom. The molecule has 5 aromatic rings. The van der Waals surface area contributed by atoms with Crippen molar-refractivity contribution >= 4 is 11.8 Å². The van der Waals surface area contributed by atoms with Crippen molar-refractivity contribution in [1.29, 1.82) is 0 Å². The highest BCUT2D eigenvalue weighted by Gasteiger charge is 2.18. The summed E-state index contributed by atoms with van der Waals surface area (Å²) >= 11 is 1.49. The lowest BCUT2D eigenvalue weighted by molar-refractivity contribution is 0.390. The smallest absolute Gasteiger partial charge is 0.237 e. The van der Waals surface area contributed by atoms with Gasteiger partial charge in [-0.1, -0.05) is 59.4 Å². The maximum atomic E-state index is 5.51. The van der Waals surface area contributed by atoms with Crippen LogP contribution in [0.25, 0.3) is 17.1 Å². The maximum Gasteiger partial charge on any atom is 0.237 e. The van der Waals surface area contributed by atoms with E-state index >= 15 is 0 Å². The van der Waals surface area contributed by atoms with E-state index in [2.05, 4.69) is 37.0 Å². The van der Waals surface area contributed by atoms with Gasteiger partial charge in [-0.3, -0.25) is 4.57 Å². The van der Waals surface area contributed by atoms with Crippen LogP contribution < -0.4 is 9.47 Å². The van der Waals surface area contributed by atoms with Gasteiger partial charge in [0.15, 0.2) is 5.16 Å². The summed E-state index contributed by atoms with van der Waals surface area (Å²) in [5.74, 6) is 3.74. The Kier molecular flexibility index (Phi) is 6.76. The molecular weight excluding hydrogens is 462 g/mol. The van der Waals surface area contributed by atoms with Crippen LogP contribution in [-0.4, -0.2) is 39.1 Å². The third-order valence-electron chi connectivity index (χ3n) is 5.38. The molecule has 35 heavy (non-hydrogen) atoms. The number of benzene rings is 3. The van der Waals surface area contributed by atoms with Gasteiger partial charge in [0.1, 0.15) is 17.3 Å². The molecule has 2 heterocycles. The van der Waals surface area contributed by atoms with Gasteiger partial charge in [0.05, 0.1) is 25.5 Å². The molecule has 176 valence electrons. The zero-order valence-electron chi connectivity index (χ0n) is 19.3. The molecule has 0 radical (unpaired) electrons. The third kappa shape index (κ3) is 5.04. The number of rotatable bonds is 9. The Balaban J connectivity index is 1.41. The van der Waals surface area contributed by atoms with Gasteiger partial charge in [-0.2, -0.15) is 4.98 Å². The van der Waals surface area contributed by atoms with Crippen molar-refractivity contribution in [3.05, 3.63) is 96.1 Å². The van der Waals surface area contributed by atoms with Crippen LogP contribution in [0.15, 0.2) is 88.5 Å². The lowest BCUT2D eigenvalue weighted by Crippen LogP contribution is -2.04. The van der Waals surface area contributed by atoms with Crippen LogP contribution in [0.1, 0.15) is 17.3 Å². The molecule has 0 fully saturated rings. The van der Waals surface area contributed by atoms with Gasteiger partial charge >= 0.3 is 0 Å². The summed E-state index contributed by atoms with van der Waals surface area (Å²) < 4.78 is 18.3. The Hall–Kier alpha value is -4.11. The van der Waals surface area contributed by atoms with Gasteiger partial charge in [-0.25, -0.2) is 0 Å². The second-order valence-electron chi connectivity index (χ2n) is 7.60. The van der Waals surface area contributed by atoms with Crippen LogP contribution in [0.5, 0.6) is 11.5 Å². The Bertz CT molecular complexity index is 1400. The van der Waals surface area contributed by atoms with Crippen LogP contribution in [-0.2, 0) is 12.2 Å². The minimum absolute atomic E-state index is 0.446. The first-order valence-corrected chi connectivity index (χ1v) is 11.9. The summed E-state index contributed by atoms with van der Waals surface area (Å²) in [7, 11) is 3.27. The van der Waals surface area contributed by atoms with E-state index in [1.165, 1.54) is 11.8 Å². The minimum atomic E-state index is 0.446. The fourth-order valence-electron chi connectivity index (χ4n) is 3.66. The highest BCUT2D eigenvalue weighted by molar-refractivity contribution is 7.98. The molecule has 0 atom stereocenters. The second-order valence-corrected chi connectivity index (χ2v) is 8.54. The molecule has 0 bridgehead atoms. The van der Waals surface area contributed by atoms with Crippen LogP contribution in [0, 0.1) is 0 Å². The SMILES string of the molecule is COc1ccc(-n2c(Cc3ccccc3)nnc2SCc2nc(-c3ccccc3OC)no2)cc1. The maximum absolute atomic E-state index is 5.51. The zero-order valence-corrected chi connectivity index (χ0v) is 20.1. The highest BCUT2D eigenvalue weighted by atomic mass is 32.2. The molecule has 5 rings (SSSR count). The van der Waals surface area contributed by atoms with Crippen molar-refractivity contribution in [2.24, 2.45) is 0 Å². The van der Waals surface area contributed by atoms with Crippen LogP contribution in [0.2, 0.25) is 0 Å². The topological polar surface area (TPSA) is 88.1 Å². The van der Waals surface area contributed by atoms with E-state index in [0.29, 0.717) is 29.6 Å². The number of hydrogen-bond acceptors (Lipinski definition) is 8. The average Bonchev–Trinajstić information content (AvgIpc) is 3.55. The molecule has 0 amide bonds. The molecule has 0 aliphatic rings. The number of thioether (sulfide) groups is 1. The van der Waals surface area contributed by atoms with Crippen molar-refractivity contribution < 1.29 is 14.0 Å². The fourth-order valence-corrected chi connectivity index (χ4v) is 4.46. The van der Waals surface area contributed by atoms with E-state index in [1.54, 1.807) is 14.2 Å². The minimum Gasteiger partial charge on any atom is -0.497 e. The van der Waals surface area contributed by atoms with Gasteiger partial charge in [0, 0.05) is 12.1 Å². The first kappa shape index (κ1) is 22.7. The summed E-state index contributed by atoms with van der Waals surface area (Å²) in [6.07, 6.45) is 0.652. The first-order valence-electron chi connectivity index (χ1n) is 11.0. The zero-order chi connectivity index (χ0) is 24.0. The van der Waals surface area contributed by atoms with Crippen LogP contribution >= 0.6 is 11.8 Å². The van der Waals surface area contributed by atoms with Crippen molar-refractivity contribution in [2.75, 3.05) is 14.2 Å². The van der Waals surface area contributed by atoms with Crippen LogP contribution in [0.4, 0.5) is 0 Å². The molecule has 0 unspecified atom stereocenters. The molecule has 3 aromatic carbocycles. The van der Waals surface area contributed by atoms with Gasteiger partial charge in [-0.15, -0.1) is 10.2 Å². The van der Waals surface area contributed by atoms with Crippen molar-refractivity contribution in [1.82, 2.24) is 24.9 Å². The molecule has 2 aromatic heterocycles. The monoisotopic (exact) mass is 485 g/mol. The molecule has 0 spiro atoms. The quantitative estimate of drug-likeness (QED) is 0.263. The summed E-state index contributed by atoms with van der Waals surface area (Å²) in [4.78, 5) is 4.55. The third-order valence-corrected chi connectivity index (χ3v) is 6.29. The molecule has 0 saturated heterocycles. The van der Waals surface area contributed by atoms with Crippen LogP contribution in [0.3, 0.4) is 0 Å². The lowest BCUT2D eigenvalue weighted by Gasteiger charge is -2.11. The van der Waals surface area contributed by atoms with E-state index in [1.807, 2.05) is 66.7 Å². The summed E-state index contributed by atoms with van der Waals surface area (Å²) in [5.41, 5.74) is 2.88. The van der Waals surface area contributed by atoms with Crippen molar-refractivity contribution in [3.8, 4) is 28.6 Å². The molecule has 0 aliphatic heterocycles. The van der Waals surface area contributed by atoms with Gasteiger partial charge in [0.2, 0.25) is 11.7 Å². The van der Waals surface area contributed by atoms with E-state index < -0.39 is 0 Å². The Labute approximate surface area is 206 Å². The van der Waals surface area contributed by atoms with E-state index in [-0.39, 0.29) is 0 Å². The summed E-state index contributed by atoms with van der Waals surface area (Å²) in [6.45, 7) is 0. The Morgan fingerprint density at radius 3 is 2.40 bits per heavy atom. The normalized spacial score (nSPS) is 10.9. The number of methoxy groups -OCH3 is 2. The van der Waals surface area contributed by atoms with Crippen molar-refractivity contribution in [2.45, 2.75) is 17.3 Å². The largest absolute Gasteiger partial charge is 0.497 e. The standard InChI is InChI=1S/C26H23N5O3S/c1-32-20-14-12-19(13-15-20)31-23(16-18-8-4-3-5-9-18)28-29-26(31)35-17-24-27-25(30-34-24)21-10-6-7-11-22(21)33-2/h3-15H,16-17H2,1-2H3. The lowest BCUT2D eigenvalue weighted by atomic mass is 10.1. The van der Waals surface area contributed by atoms with Gasteiger partial charge < -0.3 is 14.0 Å². The predicted octanol–water partition coefficient (Wildman–Crippen LogP) is 5.22. The number of ether oxygens (including phenoxy) is 2. The Morgan fingerprint density at radius 2 is 1.63 bits per heavy atom. The summed E-state index contributed by atoms with van der Waals surface area (Å²) in [5, 5.41) is 13.8. The number of aromatic nitrogens is 5. The highest BCUT2D eigenvalue weighted by Crippen LogP contribution is 2.30. The van der Waals surface area contributed by atoms with Crippen molar-refractivity contribution in [3.63, 3.8) is 0 Å². The number of nitrogens with zero attached hydrogens (tertiary/aromatic N) is 5. The van der Waals surface area contributed by atoms with E-state index in [9.17, 15) is 0 Å².